The lowest BCUT2D eigenvalue weighted by atomic mass is 9.78. The summed E-state index contributed by atoms with van der Waals surface area (Å²) in [5, 5.41) is 3.94. The van der Waals surface area contributed by atoms with E-state index >= 15 is 0 Å². The van der Waals surface area contributed by atoms with Crippen molar-refractivity contribution in [2.75, 3.05) is 45.3 Å². The Balaban J connectivity index is 0.000000886. The third kappa shape index (κ3) is 6.12. The van der Waals surface area contributed by atoms with Gasteiger partial charge in [-0.25, -0.2) is 15.0 Å². The first-order chi connectivity index (χ1) is 19.5. The maximum Gasteiger partial charge on any atom is 0.230 e. The maximum atomic E-state index is 12.5. The van der Waals surface area contributed by atoms with E-state index in [0.717, 1.165) is 49.8 Å². The molecular formula is C30H39N5O5. The van der Waals surface area contributed by atoms with Crippen molar-refractivity contribution in [3.63, 3.8) is 0 Å². The lowest BCUT2D eigenvalue weighted by Crippen LogP contribution is -2.67. The van der Waals surface area contributed by atoms with Gasteiger partial charge in [0.2, 0.25) is 11.8 Å². The highest BCUT2D eigenvalue weighted by Crippen LogP contribution is 2.38. The number of aromatic nitrogens is 3. The summed E-state index contributed by atoms with van der Waals surface area (Å²) >= 11 is 0. The van der Waals surface area contributed by atoms with Gasteiger partial charge in [0.15, 0.2) is 11.5 Å². The number of benzene rings is 1. The Morgan fingerprint density at radius 2 is 1.85 bits per heavy atom. The van der Waals surface area contributed by atoms with Crippen LogP contribution in [0.2, 0.25) is 0 Å². The number of pyridine rings is 1. The second-order valence-electron chi connectivity index (χ2n) is 9.54. The first-order valence-electron chi connectivity index (χ1n) is 13.9. The van der Waals surface area contributed by atoms with E-state index in [2.05, 4.69) is 26.3 Å². The van der Waals surface area contributed by atoms with Crippen LogP contribution in [-0.2, 0) is 16.0 Å². The number of anilines is 1. The van der Waals surface area contributed by atoms with E-state index < -0.39 is 0 Å². The summed E-state index contributed by atoms with van der Waals surface area (Å²) in [5.41, 5.74) is 2.98. The van der Waals surface area contributed by atoms with Crippen molar-refractivity contribution < 1.29 is 23.7 Å². The monoisotopic (exact) mass is 549 g/mol. The van der Waals surface area contributed by atoms with E-state index in [-0.39, 0.29) is 17.9 Å². The van der Waals surface area contributed by atoms with Crippen molar-refractivity contribution >= 4 is 22.6 Å². The quantitative estimate of drug-likeness (QED) is 0.416. The van der Waals surface area contributed by atoms with Gasteiger partial charge in [-0.15, -0.1) is 0 Å². The summed E-state index contributed by atoms with van der Waals surface area (Å²) in [7, 11) is 1.57. The molecule has 1 spiro atoms. The van der Waals surface area contributed by atoms with Crippen LogP contribution in [0.5, 0.6) is 23.1 Å². The van der Waals surface area contributed by atoms with Gasteiger partial charge in [-0.1, -0.05) is 33.8 Å². The van der Waals surface area contributed by atoms with Crippen LogP contribution in [0.25, 0.3) is 10.9 Å². The highest BCUT2D eigenvalue weighted by Gasteiger charge is 2.50. The minimum Gasteiger partial charge on any atom is -0.493 e. The molecule has 0 saturated carbocycles. The van der Waals surface area contributed by atoms with Gasteiger partial charge in [-0.05, 0) is 25.5 Å². The zero-order valence-electron chi connectivity index (χ0n) is 24.2. The fourth-order valence-electron chi connectivity index (χ4n) is 4.74. The lowest BCUT2D eigenvalue weighted by molar-refractivity contribution is -0.195. The Morgan fingerprint density at radius 3 is 2.55 bits per heavy atom. The molecule has 10 nitrogen and oxygen atoms in total. The van der Waals surface area contributed by atoms with E-state index in [0.29, 0.717) is 40.5 Å². The van der Waals surface area contributed by atoms with Crippen LogP contribution in [0.3, 0.4) is 0 Å². The molecule has 0 unspecified atom stereocenters. The molecule has 214 valence electrons. The van der Waals surface area contributed by atoms with Crippen LogP contribution in [-0.4, -0.2) is 65.8 Å². The fourth-order valence-corrected chi connectivity index (χ4v) is 4.74. The Bertz CT molecular complexity index is 1360. The van der Waals surface area contributed by atoms with Crippen LogP contribution < -0.4 is 19.5 Å². The topological polar surface area (TPSA) is 108 Å². The zero-order chi connectivity index (χ0) is 28.7. The molecule has 3 aliphatic heterocycles. The van der Waals surface area contributed by atoms with E-state index in [1.165, 1.54) is 6.33 Å². The predicted molar refractivity (Wildman–Crippen MR) is 154 cm³/mol. The molecule has 1 aromatic carbocycles. The molecule has 40 heavy (non-hydrogen) atoms. The largest absolute Gasteiger partial charge is 0.493 e. The summed E-state index contributed by atoms with van der Waals surface area (Å²) in [5.74, 6) is 2.93. The molecule has 6 rings (SSSR count). The Kier molecular flexibility index (Phi) is 9.42. The molecule has 0 radical (unpaired) electrons. The molecule has 2 fully saturated rings. The first kappa shape index (κ1) is 29.1. The molecule has 1 amide bonds. The second-order valence-corrected chi connectivity index (χ2v) is 9.54. The number of carbonyl (C=O) groups excluding carboxylic acids is 1. The number of hydrogen-bond acceptors (Lipinski definition) is 9. The summed E-state index contributed by atoms with van der Waals surface area (Å²) in [6, 6.07) is 5.52. The van der Waals surface area contributed by atoms with Crippen molar-refractivity contribution in [1.29, 1.82) is 0 Å². The molecule has 10 heteroatoms. The van der Waals surface area contributed by atoms with Crippen molar-refractivity contribution in [2.24, 2.45) is 5.41 Å². The Morgan fingerprint density at radius 1 is 1.07 bits per heavy atom. The number of rotatable bonds is 7. The maximum absolute atomic E-state index is 12.5. The number of amides is 1. The van der Waals surface area contributed by atoms with Gasteiger partial charge < -0.3 is 29.2 Å². The van der Waals surface area contributed by atoms with E-state index in [1.807, 2.05) is 45.6 Å². The molecule has 0 bridgehead atoms. The number of fused-ring (bicyclic) bond motifs is 2. The summed E-state index contributed by atoms with van der Waals surface area (Å²) in [4.78, 5) is 27.5. The molecule has 1 N–H and O–H groups in total. The van der Waals surface area contributed by atoms with Gasteiger partial charge in [0, 0.05) is 30.4 Å². The lowest BCUT2D eigenvalue weighted by Gasteiger charge is -2.55. The van der Waals surface area contributed by atoms with Crippen molar-refractivity contribution in [3.05, 3.63) is 48.1 Å². The Hall–Kier alpha value is -3.92. The van der Waals surface area contributed by atoms with Crippen LogP contribution in [0, 0.1) is 5.41 Å². The zero-order valence-corrected chi connectivity index (χ0v) is 24.2. The number of nitrogens with zero attached hydrogens (tertiary/aromatic N) is 4. The first-order valence-corrected chi connectivity index (χ1v) is 13.9. The van der Waals surface area contributed by atoms with Gasteiger partial charge >= 0.3 is 0 Å². The number of hydrogen-bond donors (Lipinski definition) is 1. The highest BCUT2D eigenvalue weighted by atomic mass is 16.5. The smallest absolute Gasteiger partial charge is 0.230 e. The van der Waals surface area contributed by atoms with Gasteiger partial charge in [-0.2, -0.15) is 0 Å². The normalized spacial score (nSPS) is 15.9. The van der Waals surface area contributed by atoms with Gasteiger partial charge in [0.05, 0.1) is 55.9 Å². The van der Waals surface area contributed by atoms with Gasteiger partial charge in [0.25, 0.3) is 0 Å². The summed E-state index contributed by atoms with van der Waals surface area (Å²) < 4.78 is 22.8. The number of likely N-dealkylation sites (tertiary alicyclic amines) is 1. The second kappa shape index (κ2) is 13.0. The molecular weight excluding hydrogens is 510 g/mol. The molecule has 3 aliphatic rings. The van der Waals surface area contributed by atoms with Gasteiger partial charge in [0.1, 0.15) is 17.9 Å². The average Bonchev–Trinajstić information content (AvgIpc) is 2.93. The SMILES string of the molecule is CC.CC.COc1cc2c(Oc3cnc4c(c3)CC=C(C)N4)ncnc2cc1OCCC(=O)N1CC2(COC2)C1. The molecule has 5 heterocycles. The standard InChI is InChI=1S/C26H27N5O5.2C2H6/c1-16-3-4-17-7-18(10-27-24(17)30-16)36-25-19-8-21(33-2)22(9-20(19)28-15-29-25)35-6-5-23(32)31-11-26(12-31)13-34-14-26;2*1-2/h3,7-10,15H,4-6,11-14H2,1-2H3,(H,27,30);2*1-2H3. The minimum atomic E-state index is 0.0878. The number of nitrogens with one attached hydrogen (secondary N) is 1. The third-order valence-electron chi connectivity index (χ3n) is 6.78. The van der Waals surface area contributed by atoms with Crippen molar-refractivity contribution in [2.45, 2.75) is 47.5 Å². The molecule has 2 aromatic heterocycles. The molecule has 0 aliphatic carbocycles. The van der Waals surface area contributed by atoms with Crippen LogP contribution in [0.15, 0.2) is 42.5 Å². The predicted octanol–water partition coefficient (Wildman–Crippen LogP) is 5.38. The highest BCUT2D eigenvalue weighted by molar-refractivity contribution is 5.87. The van der Waals surface area contributed by atoms with Crippen molar-refractivity contribution in [3.8, 4) is 23.1 Å². The Labute approximate surface area is 235 Å². The number of methoxy groups -OCH3 is 1. The number of ether oxygens (including phenoxy) is 4. The van der Waals surface area contributed by atoms with Crippen LogP contribution >= 0.6 is 0 Å². The molecule has 2 saturated heterocycles. The molecule has 0 atom stereocenters. The minimum absolute atomic E-state index is 0.0878. The molecule has 3 aromatic rings. The number of allylic oxidation sites excluding steroid dienone is 2. The summed E-state index contributed by atoms with van der Waals surface area (Å²) in [6.07, 6.45) is 6.30. The fraction of sp³-hybridized carbons (Fsp3) is 0.467. The van der Waals surface area contributed by atoms with E-state index in [4.69, 9.17) is 18.9 Å². The van der Waals surface area contributed by atoms with Crippen LogP contribution in [0.1, 0.15) is 46.6 Å². The third-order valence-corrected chi connectivity index (χ3v) is 6.78. The van der Waals surface area contributed by atoms with Crippen LogP contribution in [0.4, 0.5) is 5.82 Å². The van der Waals surface area contributed by atoms with Gasteiger partial charge in [-0.3, -0.25) is 4.79 Å². The van der Waals surface area contributed by atoms with Crippen molar-refractivity contribution in [1.82, 2.24) is 19.9 Å². The summed E-state index contributed by atoms with van der Waals surface area (Å²) in [6.45, 7) is 13.3. The number of carbonyl (C=O) groups is 1. The van der Waals surface area contributed by atoms with E-state index in [1.54, 1.807) is 25.4 Å². The van der Waals surface area contributed by atoms with E-state index in [9.17, 15) is 4.79 Å². The average molecular weight is 550 g/mol.